The number of nitrogens with zero attached hydrogens (tertiary/aromatic N) is 1. The van der Waals surface area contributed by atoms with Crippen molar-refractivity contribution in [1.29, 1.82) is 0 Å². The molecule has 1 saturated carbocycles. The number of allylic oxidation sites excluding steroid dienone is 1. The Kier molecular flexibility index (Phi) is 8.16. The van der Waals surface area contributed by atoms with Crippen molar-refractivity contribution in [1.82, 2.24) is 0 Å². The van der Waals surface area contributed by atoms with E-state index in [0.29, 0.717) is 0 Å². The minimum absolute atomic E-state index is 0.729. The van der Waals surface area contributed by atoms with Crippen molar-refractivity contribution in [3.8, 4) is 0 Å². The first-order chi connectivity index (χ1) is 11.2. The molecule has 3 rings (SSSR count). The van der Waals surface area contributed by atoms with Gasteiger partial charge in [-0.05, 0) is 61.8 Å². The average molecular weight is 368 g/mol. The molecule has 0 N–H and O–H groups in total. The summed E-state index contributed by atoms with van der Waals surface area (Å²) in [4.78, 5) is 7.33. The number of halogens is 1. The molecular weight excluding hydrogens is 341 g/mol. The van der Waals surface area contributed by atoms with Crippen LogP contribution in [0.5, 0.6) is 0 Å². The van der Waals surface area contributed by atoms with Crippen LogP contribution < -0.4 is 0 Å². The summed E-state index contributed by atoms with van der Waals surface area (Å²) in [6, 6.07) is 8.07. The van der Waals surface area contributed by atoms with Crippen LogP contribution in [0.3, 0.4) is 0 Å². The van der Waals surface area contributed by atoms with Gasteiger partial charge in [-0.3, -0.25) is 4.99 Å². The van der Waals surface area contributed by atoms with Gasteiger partial charge in [0, 0.05) is 33.2 Å². The number of thioether (sulfide) groups is 1. The van der Waals surface area contributed by atoms with E-state index in [-0.39, 0.29) is 0 Å². The Morgan fingerprint density at radius 1 is 1.13 bits per heavy atom. The Bertz CT molecular complexity index is 545. The highest BCUT2D eigenvalue weighted by atomic mass is 35.5. The molecule has 2 aliphatic rings. The van der Waals surface area contributed by atoms with Crippen LogP contribution in [-0.4, -0.2) is 12.4 Å². The van der Waals surface area contributed by atoms with Gasteiger partial charge >= 0.3 is 0 Å². The molecule has 1 aliphatic heterocycles. The average Bonchev–Trinajstić information content (AvgIpc) is 3.07. The van der Waals surface area contributed by atoms with Crippen molar-refractivity contribution < 1.29 is 0 Å². The zero-order valence-corrected chi connectivity index (χ0v) is 16.8. The third-order valence-electron chi connectivity index (χ3n) is 4.69. The van der Waals surface area contributed by atoms with Crippen LogP contribution in [-0.2, 0) is 0 Å². The summed E-state index contributed by atoms with van der Waals surface area (Å²) < 4.78 is 0. The van der Waals surface area contributed by atoms with Crippen LogP contribution in [0.15, 0.2) is 45.3 Å². The Morgan fingerprint density at radius 3 is 2.39 bits per heavy atom. The van der Waals surface area contributed by atoms with Gasteiger partial charge in [-0.1, -0.05) is 43.4 Å². The van der Waals surface area contributed by atoms with Crippen LogP contribution in [0, 0.1) is 11.8 Å². The van der Waals surface area contributed by atoms with E-state index in [4.69, 9.17) is 16.6 Å². The van der Waals surface area contributed by atoms with Gasteiger partial charge in [-0.2, -0.15) is 0 Å². The zero-order valence-electron chi connectivity index (χ0n) is 14.1. The molecule has 0 aromatic heterocycles. The molecule has 1 aliphatic carbocycles. The summed E-state index contributed by atoms with van der Waals surface area (Å²) in [6.45, 7) is 4.24. The molecule has 0 spiro atoms. The van der Waals surface area contributed by atoms with E-state index in [0.717, 1.165) is 23.3 Å². The van der Waals surface area contributed by atoms with Gasteiger partial charge in [0.1, 0.15) is 0 Å². The van der Waals surface area contributed by atoms with E-state index >= 15 is 0 Å². The number of aliphatic imine (C=N–C) groups is 1. The van der Waals surface area contributed by atoms with Crippen molar-refractivity contribution in [3.63, 3.8) is 0 Å². The molecule has 1 atom stereocenters. The molecule has 23 heavy (non-hydrogen) atoms. The minimum atomic E-state index is 0.729. The van der Waals surface area contributed by atoms with Gasteiger partial charge in [-0.25, -0.2) is 0 Å². The molecule has 1 aromatic rings. The number of benzene rings is 1. The zero-order chi connectivity index (χ0) is 16.7. The second kappa shape index (κ2) is 9.87. The quantitative estimate of drug-likeness (QED) is 0.531. The molecule has 126 valence electrons. The first kappa shape index (κ1) is 19.0. The highest BCUT2D eigenvalue weighted by Crippen LogP contribution is 2.38. The molecule has 0 amide bonds. The topological polar surface area (TPSA) is 12.4 Å². The maximum absolute atomic E-state index is 5.93. The SMILES string of the molecule is CCC1CCC(C2=NC=C(Sc3ccc(Cl)cc3)C2)CC1.CP. The van der Waals surface area contributed by atoms with Gasteiger partial charge < -0.3 is 0 Å². The van der Waals surface area contributed by atoms with E-state index in [9.17, 15) is 0 Å². The van der Waals surface area contributed by atoms with Crippen LogP contribution in [0.4, 0.5) is 0 Å². The summed E-state index contributed by atoms with van der Waals surface area (Å²) in [5, 5.41) is 0.796. The summed E-state index contributed by atoms with van der Waals surface area (Å²) in [5.74, 6) is 1.69. The molecule has 0 radical (unpaired) electrons. The van der Waals surface area contributed by atoms with Crippen LogP contribution in [0.2, 0.25) is 5.02 Å². The van der Waals surface area contributed by atoms with Crippen molar-refractivity contribution >= 4 is 38.3 Å². The molecule has 1 nitrogen and oxygen atoms in total. The van der Waals surface area contributed by atoms with Crippen molar-refractivity contribution in [2.75, 3.05) is 6.66 Å². The molecule has 1 heterocycles. The Morgan fingerprint density at radius 2 is 1.78 bits per heavy atom. The van der Waals surface area contributed by atoms with Crippen LogP contribution in [0.25, 0.3) is 0 Å². The lowest BCUT2D eigenvalue weighted by Gasteiger charge is -2.28. The van der Waals surface area contributed by atoms with Gasteiger partial charge in [0.2, 0.25) is 0 Å². The van der Waals surface area contributed by atoms with E-state index in [1.807, 2.05) is 30.6 Å². The lowest BCUT2D eigenvalue weighted by atomic mass is 9.78. The fraction of sp³-hybridized carbons (Fsp3) is 0.526. The van der Waals surface area contributed by atoms with E-state index in [1.165, 1.54) is 47.6 Å². The van der Waals surface area contributed by atoms with Crippen molar-refractivity contribution in [2.45, 2.75) is 50.3 Å². The van der Waals surface area contributed by atoms with E-state index in [2.05, 4.69) is 34.5 Å². The van der Waals surface area contributed by atoms with Gasteiger partial charge in [0.15, 0.2) is 0 Å². The monoisotopic (exact) mass is 367 g/mol. The predicted molar refractivity (Wildman–Crippen MR) is 109 cm³/mol. The van der Waals surface area contributed by atoms with Crippen LogP contribution in [0.1, 0.15) is 45.4 Å². The summed E-state index contributed by atoms with van der Waals surface area (Å²) in [6.07, 6.45) is 9.91. The third kappa shape index (κ3) is 5.62. The Hall–Kier alpha value is -0.300. The number of hydrogen-bond donors (Lipinski definition) is 0. The second-order valence-corrected chi connectivity index (χ2v) is 7.71. The van der Waals surface area contributed by atoms with Crippen molar-refractivity contribution in [3.05, 3.63) is 40.4 Å². The maximum atomic E-state index is 5.93. The summed E-state index contributed by atoms with van der Waals surface area (Å²) >= 11 is 7.75. The minimum Gasteiger partial charge on any atom is -0.264 e. The smallest absolute Gasteiger partial charge is 0.0406 e. The third-order valence-corrected chi connectivity index (χ3v) is 5.96. The Labute approximate surface area is 152 Å². The summed E-state index contributed by atoms with van der Waals surface area (Å²) in [7, 11) is 2.42. The standard InChI is InChI=1S/C18H22ClNS.CH5P/c1-2-13-3-5-14(6-4-13)18-11-17(12-20-18)21-16-9-7-15(19)8-10-16;1-2/h7-10,12-14H,2-6,11H2,1H3;2H2,1H3. The van der Waals surface area contributed by atoms with Gasteiger partial charge in [-0.15, -0.1) is 9.24 Å². The predicted octanol–water partition coefficient (Wildman–Crippen LogP) is 6.83. The molecule has 1 unspecified atom stereocenters. The fourth-order valence-corrected chi connectivity index (χ4v) is 4.32. The molecule has 4 heteroatoms. The van der Waals surface area contributed by atoms with Crippen LogP contribution >= 0.6 is 32.6 Å². The highest BCUT2D eigenvalue weighted by molar-refractivity contribution is 8.03. The first-order valence-corrected chi connectivity index (χ1v) is 10.9. The second-order valence-electron chi connectivity index (χ2n) is 6.07. The normalized spacial score (nSPS) is 23.7. The van der Waals surface area contributed by atoms with Crippen molar-refractivity contribution in [2.24, 2.45) is 16.8 Å². The lowest BCUT2D eigenvalue weighted by molar-refractivity contribution is 0.314. The molecule has 0 saturated heterocycles. The largest absolute Gasteiger partial charge is 0.264 e. The molecular formula is C19H27ClNPS. The Balaban J connectivity index is 0.000000924. The lowest BCUT2D eigenvalue weighted by Crippen LogP contribution is -2.20. The summed E-state index contributed by atoms with van der Waals surface area (Å²) in [5.41, 5.74) is 1.42. The number of rotatable bonds is 4. The number of hydrogen-bond acceptors (Lipinski definition) is 2. The molecule has 1 fully saturated rings. The van der Waals surface area contributed by atoms with Gasteiger partial charge in [0.05, 0.1) is 0 Å². The first-order valence-electron chi connectivity index (χ1n) is 8.51. The maximum Gasteiger partial charge on any atom is 0.0406 e. The van der Waals surface area contributed by atoms with Gasteiger partial charge in [0.25, 0.3) is 0 Å². The van der Waals surface area contributed by atoms with E-state index < -0.39 is 0 Å². The molecule has 0 bridgehead atoms. The highest BCUT2D eigenvalue weighted by Gasteiger charge is 2.26. The fourth-order valence-electron chi connectivity index (χ4n) is 3.29. The molecule has 1 aromatic carbocycles. The van der Waals surface area contributed by atoms with E-state index in [1.54, 1.807) is 0 Å².